The van der Waals surface area contributed by atoms with Crippen LogP contribution in [-0.4, -0.2) is 17.8 Å². The zero-order valence-corrected chi connectivity index (χ0v) is 11.3. The van der Waals surface area contributed by atoms with Gasteiger partial charge in [-0.1, -0.05) is 0 Å². The maximum absolute atomic E-state index is 13.5. The van der Waals surface area contributed by atoms with Gasteiger partial charge in [0.25, 0.3) is 0 Å². The first-order chi connectivity index (χ1) is 9.52. The van der Waals surface area contributed by atoms with E-state index in [0.29, 0.717) is 6.07 Å². The molecule has 0 aromatic heterocycles. The fourth-order valence-electron chi connectivity index (χ4n) is 1.67. The Kier molecular flexibility index (Phi) is 4.29. The van der Waals surface area contributed by atoms with Crippen LogP contribution in [0.4, 0.5) is 8.78 Å². The van der Waals surface area contributed by atoms with Gasteiger partial charge in [0.05, 0.1) is 5.56 Å². The van der Waals surface area contributed by atoms with Gasteiger partial charge in [0.15, 0.2) is 0 Å². The lowest BCUT2D eigenvalue weighted by atomic mass is 10.0. The van der Waals surface area contributed by atoms with E-state index in [4.69, 9.17) is 0 Å². The van der Waals surface area contributed by atoms with Crippen LogP contribution in [0, 0.1) is 11.6 Å². The third kappa shape index (κ3) is 2.93. The maximum Gasteiger partial charge on any atom is 0.236 e. The Morgan fingerprint density at radius 1 is 0.950 bits per heavy atom. The van der Waals surface area contributed by atoms with Crippen LogP contribution in [0.15, 0.2) is 47.4 Å². The molecule has 0 amide bonds. The Hall–Kier alpha value is -2.01. The fraction of sp³-hybridized carbons (Fsp3) is 0.0667. The molecule has 0 N–H and O–H groups in total. The number of halogens is 2. The first kappa shape index (κ1) is 14.4. The van der Waals surface area contributed by atoms with Gasteiger partial charge in [-0.15, -0.1) is 11.8 Å². The molecule has 0 aliphatic heterocycles. The van der Waals surface area contributed by atoms with Crippen molar-refractivity contribution in [2.75, 3.05) is 6.26 Å². The normalized spacial score (nSPS) is 10.3. The van der Waals surface area contributed by atoms with Gasteiger partial charge < -0.3 is 0 Å². The van der Waals surface area contributed by atoms with Gasteiger partial charge in [-0.25, -0.2) is 8.78 Å². The summed E-state index contributed by atoms with van der Waals surface area (Å²) in [6.07, 6.45) is 1.88. The minimum Gasteiger partial charge on any atom is -0.285 e. The minimum atomic E-state index is -1.04. The highest BCUT2D eigenvalue weighted by Gasteiger charge is 2.21. The molecule has 0 aliphatic rings. The van der Waals surface area contributed by atoms with Crippen molar-refractivity contribution in [3.05, 3.63) is 65.2 Å². The second-order valence-electron chi connectivity index (χ2n) is 4.01. The highest BCUT2D eigenvalue weighted by atomic mass is 32.2. The fourth-order valence-corrected chi connectivity index (χ4v) is 2.08. The summed E-state index contributed by atoms with van der Waals surface area (Å²) in [7, 11) is 0. The van der Waals surface area contributed by atoms with Crippen molar-refractivity contribution < 1.29 is 18.4 Å². The van der Waals surface area contributed by atoms with E-state index >= 15 is 0 Å². The number of carbonyl (C=O) groups is 2. The monoisotopic (exact) mass is 292 g/mol. The molecule has 20 heavy (non-hydrogen) atoms. The summed E-state index contributed by atoms with van der Waals surface area (Å²) in [6, 6.07) is 8.91. The van der Waals surface area contributed by atoms with Gasteiger partial charge in [0.1, 0.15) is 11.6 Å². The van der Waals surface area contributed by atoms with Crippen molar-refractivity contribution >= 4 is 23.3 Å². The molecule has 0 spiro atoms. The molecule has 0 radical (unpaired) electrons. The topological polar surface area (TPSA) is 34.1 Å². The molecule has 0 atom stereocenters. The Morgan fingerprint density at radius 2 is 1.60 bits per heavy atom. The Morgan fingerprint density at radius 3 is 2.15 bits per heavy atom. The van der Waals surface area contributed by atoms with Gasteiger partial charge in [-0.3, -0.25) is 9.59 Å². The number of ketones is 2. The summed E-state index contributed by atoms with van der Waals surface area (Å²) in [5.41, 5.74) is -0.248. The van der Waals surface area contributed by atoms with Crippen LogP contribution >= 0.6 is 11.8 Å². The first-order valence-corrected chi connectivity index (χ1v) is 6.93. The predicted molar refractivity (Wildman–Crippen MR) is 73.2 cm³/mol. The number of Topliss-reactive ketones (excluding diaryl/α,β-unsaturated/α-hetero) is 2. The molecular weight excluding hydrogens is 282 g/mol. The van der Waals surface area contributed by atoms with E-state index < -0.39 is 28.8 Å². The van der Waals surface area contributed by atoms with Crippen LogP contribution in [0.5, 0.6) is 0 Å². The Bertz CT molecular complexity index is 666. The van der Waals surface area contributed by atoms with E-state index in [9.17, 15) is 18.4 Å². The molecule has 0 saturated heterocycles. The molecule has 5 heteroatoms. The molecule has 2 aromatic rings. The van der Waals surface area contributed by atoms with Gasteiger partial charge in [0, 0.05) is 16.5 Å². The largest absolute Gasteiger partial charge is 0.285 e. The van der Waals surface area contributed by atoms with Crippen LogP contribution < -0.4 is 0 Å². The van der Waals surface area contributed by atoms with Crippen molar-refractivity contribution in [2.24, 2.45) is 0 Å². The quantitative estimate of drug-likeness (QED) is 0.489. The van der Waals surface area contributed by atoms with E-state index in [1.165, 1.54) is 23.9 Å². The number of hydrogen-bond acceptors (Lipinski definition) is 3. The number of thioether (sulfide) groups is 1. The van der Waals surface area contributed by atoms with Crippen LogP contribution in [-0.2, 0) is 0 Å². The first-order valence-electron chi connectivity index (χ1n) is 5.71. The third-order valence-electron chi connectivity index (χ3n) is 2.73. The van der Waals surface area contributed by atoms with Crippen molar-refractivity contribution in [1.82, 2.24) is 0 Å². The molecule has 0 unspecified atom stereocenters. The molecule has 0 heterocycles. The molecule has 0 fully saturated rings. The van der Waals surface area contributed by atoms with Crippen molar-refractivity contribution in [2.45, 2.75) is 4.90 Å². The van der Waals surface area contributed by atoms with Crippen molar-refractivity contribution in [1.29, 1.82) is 0 Å². The summed E-state index contributed by atoms with van der Waals surface area (Å²) >= 11 is 1.50. The molecule has 2 rings (SSSR count). The standard InChI is InChI=1S/C15H10F2O2S/c1-20-11-5-2-9(3-6-11)14(18)15(19)12-7-4-10(16)8-13(12)17/h2-8H,1H3. The van der Waals surface area contributed by atoms with Crippen molar-refractivity contribution in [3.8, 4) is 0 Å². The van der Waals surface area contributed by atoms with E-state index in [0.717, 1.165) is 17.0 Å². The average molecular weight is 292 g/mol. The number of carbonyl (C=O) groups excluding carboxylic acids is 2. The SMILES string of the molecule is CSc1ccc(C(=O)C(=O)c2ccc(F)cc2F)cc1. The van der Waals surface area contributed by atoms with Gasteiger partial charge >= 0.3 is 0 Å². The van der Waals surface area contributed by atoms with Gasteiger partial charge in [-0.05, 0) is 42.7 Å². The van der Waals surface area contributed by atoms with Crippen LogP contribution in [0.2, 0.25) is 0 Å². The molecule has 102 valence electrons. The van der Waals surface area contributed by atoms with E-state index in [-0.39, 0.29) is 5.56 Å². The summed E-state index contributed by atoms with van der Waals surface area (Å²) in [5, 5.41) is 0. The number of hydrogen-bond donors (Lipinski definition) is 0. The Labute approximate surface area is 118 Å². The maximum atomic E-state index is 13.5. The molecule has 0 bridgehead atoms. The van der Waals surface area contributed by atoms with Crippen LogP contribution in [0.25, 0.3) is 0 Å². The van der Waals surface area contributed by atoms with E-state index in [1.54, 1.807) is 12.1 Å². The number of benzene rings is 2. The Balaban J connectivity index is 2.29. The summed E-state index contributed by atoms with van der Waals surface area (Å²) in [4.78, 5) is 24.8. The smallest absolute Gasteiger partial charge is 0.236 e. The highest BCUT2D eigenvalue weighted by molar-refractivity contribution is 7.98. The van der Waals surface area contributed by atoms with Gasteiger partial charge in [-0.2, -0.15) is 0 Å². The lowest BCUT2D eigenvalue weighted by molar-refractivity contribution is 0.0814. The van der Waals surface area contributed by atoms with Crippen molar-refractivity contribution in [3.63, 3.8) is 0 Å². The summed E-state index contributed by atoms with van der Waals surface area (Å²) in [6.45, 7) is 0. The lowest BCUT2D eigenvalue weighted by Gasteiger charge is -2.03. The van der Waals surface area contributed by atoms with Gasteiger partial charge in [0.2, 0.25) is 11.6 Å². The molecule has 0 aliphatic carbocycles. The molecule has 2 nitrogen and oxygen atoms in total. The second kappa shape index (κ2) is 5.96. The zero-order chi connectivity index (χ0) is 14.7. The third-order valence-corrected chi connectivity index (χ3v) is 3.48. The molecule has 0 saturated carbocycles. The summed E-state index contributed by atoms with van der Waals surface area (Å²) < 4.78 is 26.3. The summed E-state index contributed by atoms with van der Waals surface area (Å²) in [5.74, 6) is -3.64. The number of rotatable bonds is 4. The van der Waals surface area contributed by atoms with E-state index in [2.05, 4.69) is 0 Å². The average Bonchev–Trinajstić information content (AvgIpc) is 2.46. The minimum absolute atomic E-state index is 0.177. The molecular formula is C15H10F2O2S. The zero-order valence-electron chi connectivity index (χ0n) is 10.5. The molecule has 2 aromatic carbocycles. The van der Waals surface area contributed by atoms with Crippen LogP contribution in [0.1, 0.15) is 20.7 Å². The van der Waals surface area contributed by atoms with E-state index in [1.807, 2.05) is 6.26 Å². The second-order valence-corrected chi connectivity index (χ2v) is 4.89. The lowest BCUT2D eigenvalue weighted by Crippen LogP contribution is -2.16. The van der Waals surface area contributed by atoms with Crippen LogP contribution in [0.3, 0.4) is 0 Å². The predicted octanol–water partition coefficient (Wildman–Crippen LogP) is 3.75. The highest BCUT2D eigenvalue weighted by Crippen LogP contribution is 2.17.